The van der Waals surface area contributed by atoms with E-state index in [9.17, 15) is 4.79 Å². The average molecular weight is 339 g/mol. The summed E-state index contributed by atoms with van der Waals surface area (Å²) in [4.78, 5) is 14.6. The Morgan fingerprint density at radius 2 is 2.05 bits per heavy atom. The summed E-state index contributed by atoms with van der Waals surface area (Å²) in [7, 11) is 0. The monoisotopic (exact) mass is 338 g/mol. The Kier molecular flexibility index (Phi) is 5.61. The van der Waals surface area contributed by atoms with Gasteiger partial charge in [0.1, 0.15) is 0 Å². The van der Waals surface area contributed by atoms with Gasteiger partial charge in [-0.2, -0.15) is 0 Å². The molecule has 1 aromatic carbocycles. The fourth-order valence-corrected chi connectivity index (χ4v) is 2.94. The van der Waals surface area contributed by atoms with E-state index < -0.39 is 0 Å². The zero-order valence-electron chi connectivity index (χ0n) is 12.3. The molecule has 0 spiro atoms. The van der Waals surface area contributed by atoms with Gasteiger partial charge >= 0.3 is 0 Å². The molecule has 0 aliphatic carbocycles. The van der Waals surface area contributed by atoms with Crippen LogP contribution in [0.3, 0.4) is 0 Å². The third-order valence-electron chi connectivity index (χ3n) is 4.01. The van der Waals surface area contributed by atoms with Crippen molar-refractivity contribution in [3.8, 4) is 0 Å². The Hall–Kier alpha value is -0.870. The summed E-state index contributed by atoms with van der Waals surface area (Å²) >= 11 is 3.47. The van der Waals surface area contributed by atoms with Crippen LogP contribution in [0.4, 0.5) is 0 Å². The minimum absolute atomic E-state index is 0.00885. The lowest BCUT2D eigenvalue weighted by molar-refractivity contribution is 0.0930. The molecule has 1 aliphatic rings. The Bertz CT molecular complexity index is 470. The fraction of sp³-hybridized carbons (Fsp3) is 0.562. The van der Waals surface area contributed by atoms with E-state index in [1.807, 2.05) is 25.1 Å². The number of hydrogen-bond donors (Lipinski definition) is 1. The highest BCUT2D eigenvalue weighted by Crippen LogP contribution is 2.17. The number of nitrogens with one attached hydrogen (secondary N) is 1. The average Bonchev–Trinajstić information content (AvgIpc) is 2.48. The smallest absolute Gasteiger partial charge is 0.251 e. The van der Waals surface area contributed by atoms with Gasteiger partial charge in [0.05, 0.1) is 0 Å². The highest BCUT2D eigenvalue weighted by atomic mass is 79.9. The third kappa shape index (κ3) is 4.06. The standard InChI is InChI=1S/C16H23BrN2O/c1-12-6-7-14(10-15(12)17)16(20)18-11-13(2)19-8-4-3-5-9-19/h6-7,10,13H,3-5,8-9,11H2,1-2H3,(H,18,20). The van der Waals surface area contributed by atoms with Crippen LogP contribution in [0.15, 0.2) is 22.7 Å². The summed E-state index contributed by atoms with van der Waals surface area (Å²) < 4.78 is 0.981. The molecule has 2 rings (SSSR count). The quantitative estimate of drug-likeness (QED) is 0.912. The predicted molar refractivity (Wildman–Crippen MR) is 86.1 cm³/mol. The number of piperidine rings is 1. The van der Waals surface area contributed by atoms with Crippen LogP contribution in [0, 0.1) is 6.92 Å². The highest BCUT2D eigenvalue weighted by Gasteiger charge is 2.17. The Morgan fingerprint density at radius 1 is 1.35 bits per heavy atom. The topological polar surface area (TPSA) is 32.3 Å². The van der Waals surface area contributed by atoms with Gasteiger partial charge in [-0.25, -0.2) is 0 Å². The third-order valence-corrected chi connectivity index (χ3v) is 4.86. The van der Waals surface area contributed by atoms with E-state index in [-0.39, 0.29) is 5.91 Å². The largest absolute Gasteiger partial charge is 0.350 e. The Balaban J connectivity index is 1.86. The minimum Gasteiger partial charge on any atom is -0.350 e. The molecule has 3 nitrogen and oxygen atoms in total. The predicted octanol–water partition coefficient (Wildman–Crippen LogP) is 3.36. The number of aryl methyl sites for hydroxylation is 1. The number of nitrogens with zero attached hydrogens (tertiary/aromatic N) is 1. The maximum absolute atomic E-state index is 12.1. The van der Waals surface area contributed by atoms with Crippen molar-refractivity contribution in [1.29, 1.82) is 0 Å². The first-order valence-electron chi connectivity index (χ1n) is 7.36. The van der Waals surface area contributed by atoms with Crippen LogP contribution >= 0.6 is 15.9 Å². The van der Waals surface area contributed by atoms with Crippen LogP contribution < -0.4 is 5.32 Å². The Labute approximate surface area is 129 Å². The summed E-state index contributed by atoms with van der Waals surface area (Å²) in [6, 6.07) is 6.14. The SMILES string of the molecule is Cc1ccc(C(=O)NCC(C)N2CCCCC2)cc1Br. The molecule has 110 valence electrons. The van der Waals surface area contributed by atoms with Gasteiger partial charge in [-0.1, -0.05) is 28.4 Å². The van der Waals surface area contributed by atoms with Gasteiger partial charge in [-0.15, -0.1) is 0 Å². The number of halogens is 1. The van der Waals surface area contributed by atoms with Crippen LogP contribution in [-0.4, -0.2) is 36.5 Å². The van der Waals surface area contributed by atoms with Crippen molar-refractivity contribution in [2.45, 2.75) is 39.2 Å². The van der Waals surface area contributed by atoms with Crippen molar-refractivity contribution in [2.24, 2.45) is 0 Å². The molecule has 1 N–H and O–H groups in total. The van der Waals surface area contributed by atoms with Crippen molar-refractivity contribution in [3.05, 3.63) is 33.8 Å². The second-order valence-electron chi connectivity index (χ2n) is 5.62. The molecule has 1 fully saturated rings. The van der Waals surface area contributed by atoms with E-state index in [4.69, 9.17) is 0 Å². The molecule has 1 aliphatic heterocycles. The molecule has 1 amide bonds. The molecule has 1 atom stereocenters. The molecule has 0 aromatic heterocycles. The van der Waals surface area contributed by atoms with Crippen molar-refractivity contribution in [1.82, 2.24) is 10.2 Å². The molecule has 1 aromatic rings. The number of carbonyl (C=O) groups excluding carboxylic acids is 1. The van der Waals surface area contributed by atoms with E-state index in [1.165, 1.54) is 19.3 Å². The molecule has 0 radical (unpaired) electrons. The first kappa shape index (κ1) is 15.5. The van der Waals surface area contributed by atoms with Crippen LogP contribution in [-0.2, 0) is 0 Å². The van der Waals surface area contributed by atoms with Crippen LogP contribution in [0.1, 0.15) is 42.1 Å². The molecule has 0 bridgehead atoms. The van der Waals surface area contributed by atoms with Crippen LogP contribution in [0.5, 0.6) is 0 Å². The van der Waals surface area contributed by atoms with Gasteiger partial charge in [0.15, 0.2) is 0 Å². The van der Waals surface area contributed by atoms with Gasteiger partial charge in [-0.3, -0.25) is 9.69 Å². The van der Waals surface area contributed by atoms with E-state index in [0.29, 0.717) is 18.2 Å². The number of carbonyl (C=O) groups is 1. The summed E-state index contributed by atoms with van der Waals surface area (Å²) in [6.45, 7) is 7.24. The molecule has 4 heteroatoms. The lowest BCUT2D eigenvalue weighted by Gasteiger charge is -2.32. The summed E-state index contributed by atoms with van der Waals surface area (Å²) in [5, 5.41) is 3.04. The number of benzene rings is 1. The maximum atomic E-state index is 12.1. The minimum atomic E-state index is 0.00885. The van der Waals surface area contributed by atoms with Crippen LogP contribution in [0.25, 0.3) is 0 Å². The van der Waals surface area contributed by atoms with Gasteiger partial charge in [-0.05, 0) is 57.5 Å². The molecule has 1 heterocycles. The number of hydrogen-bond acceptors (Lipinski definition) is 2. The summed E-state index contributed by atoms with van der Waals surface area (Å²) in [5.41, 5.74) is 1.86. The Morgan fingerprint density at radius 3 is 2.70 bits per heavy atom. The number of rotatable bonds is 4. The van der Waals surface area contributed by atoms with Crippen molar-refractivity contribution in [2.75, 3.05) is 19.6 Å². The molecule has 20 heavy (non-hydrogen) atoms. The summed E-state index contributed by atoms with van der Waals surface area (Å²) in [6.07, 6.45) is 3.90. The van der Waals surface area contributed by atoms with Crippen molar-refractivity contribution in [3.63, 3.8) is 0 Å². The van der Waals surface area contributed by atoms with Crippen LogP contribution in [0.2, 0.25) is 0 Å². The first-order chi connectivity index (χ1) is 9.58. The normalized spacial score (nSPS) is 17.8. The van der Waals surface area contributed by atoms with Gasteiger partial charge < -0.3 is 5.32 Å². The molecule has 1 saturated heterocycles. The fourth-order valence-electron chi connectivity index (χ4n) is 2.56. The lowest BCUT2D eigenvalue weighted by Crippen LogP contribution is -2.44. The van der Waals surface area contributed by atoms with Crippen molar-refractivity contribution >= 4 is 21.8 Å². The molecule has 1 unspecified atom stereocenters. The highest BCUT2D eigenvalue weighted by molar-refractivity contribution is 9.10. The van der Waals surface area contributed by atoms with Gasteiger partial charge in [0, 0.05) is 22.6 Å². The van der Waals surface area contributed by atoms with Gasteiger partial charge in [0.2, 0.25) is 0 Å². The first-order valence-corrected chi connectivity index (χ1v) is 8.15. The van der Waals surface area contributed by atoms with E-state index in [2.05, 4.69) is 33.1 Å². The van der Waals surface area contributed by atoms with E-state index in [1.54, 1.807) is 0 Å². The number of amides is 1. The zero-order chi connectivity index (χ0) is 14.5. The second-order valence-corrected chi connectivity index (χ2v) is 6.47. The molecular formula is C16H23BrN2O. The van der Waals surface area contributed by atoms with Crippen molar-refractivity contribution < 1.29 is 4.79 Å². The van der Waals surface area contributed by atoms with E-state index >= 15 is 0 Å². The maximum Gasteiger partial charge on any atom is 0.251 e. The van der Waals surface area contributed by atoms with Gasteiger partial charge in [0.25, 0.3) is 5.91 Å². The summed E-state index contributed by atoms with van der Waals surface area (Å²) in [5.74, 6) is 0.00885. The lowest BCUT2D eigenvalue weighted by atomic mass is 10.1. The number of likely N-dealkylation sites (tertiary alicyclic amines) is 1. The molecule has 0 saturated carbocycles. The zero-order valence-corrected chi connectivity index (χ0v) is 13.9. The molecular weight excluding hydrogens is 316 g/mol. The van der Waals surface area contributed by atoms with E-state index in [0.717, 1.165) is 23.1 Å². The second kappa shape index (κ2) is 7.23.